The number of rotatable bonds is 12. The first-order valence-electron chi connectivity index (χ1n) is 13.3. The van der Waals surface area contributed by atoms with Crippen molar-refractivity contribution < 1.29 is 39.1 Å². The number of β-lactam (4-membered cyclic amide) rings is 1. The van der Waals surface area contributed by atoms with E-state index in [1.54, 1.807) is 4.90 Å². The van der Waals surface area contributed by atoms with E-state index >= 15 is 0 Å². The van der Waals surface area contributed by atoms with Crippen LogP contribution >= 0.6 is 23.5 Å². The van der Waals surface area contributed by atoms with Gasteiger partial charge in [-0.1, -0.05) is 6.92 Å². The Labute approximate surface area is 250 Å². The molecule has 1 aromatic carbocycles. The molecule has 0 unspecified atom stereocenters. The van der Waals surface area contributed by atoms with E-state index in [2.05, 4.69) is 5.32 Å². The monoisotopic (exact) mass is 623 g/mol. The number of hydrogen-bond donors (Lipinski definition) is 4. The van der Waals surface area contributed by atoms with Crippen molar-refractivity contribution in [3.05, 3.63) is 50.5 Å². The first-order chi connectivity index (χ1) is 19.9. The van der Waals surface area contributed by atoms with Crippen molar-refractivity contribution in [1.29, 1.82) is 0 Å². The standard InChI is InChI=1S/C26H33N5O9S2/c1-13-20-19(14(2)32)23(33)30(20)21(24(34)35)22(13)42-18-9-17(12-41-8-7-28-25(27)36)29(10-18)26(37)40-11-15-3-5-16(6-4-15)31(38)39/h3-6,13-14,17-20,32H,7-12H2,1-2H3,(H,34,35)(H3,27,28,36)/t13-,14-,17+,18+,19-,20-/m1/s1. The van der Waals surface area contributed by atoms with Gasteiger partial charge in [0.25, 0.3) is 5.69 Å². The number of nitrogens with zero attached hydrogens (tertiary/aromatic N) is 3. The molecule has 0 bridgehead atoms. The van der Waals surface area contributed by atoms with Gasteiger partial charge >= 0.3 is 18.1 Å². The topological polar surface area (TPSA) is 206 Å². The van der Waals surface area contributed by atoms with E-state index in [4.69, 9.17) is 10.5 Å². The maximum Gasteiger partial charge on any atom is 0.410 e. The van der Waals surface area contributed by atoms with Crippen molar-refractivity contribution in [2.45, 2.75) is 50.3 Å². The van der Waals surface area contributed by atoms with Crippen LogP contribution in [0.2, 0.25) is 0 Å². The Bertz CT molecular complexity index is 1280. The fourth-order valence-electron chi connectivity index (χ4n) is 5.61. The number of carbonyl (C=O) groups is 4. The van der Waals surface area contributed by atoms with Gasteiger partial charge in [0.05, 0.1) is 23.0 Å². The lowest BCUT2D eigenvalue weighted by Crippen LogP contribution is -2.63. The minimum Gasteiger partial charge on any atom is -0.477 e. The van der Waals surface area contributed by atoms with Crippen LogP contribution in [0, 0.1) is 22.0 Å². The number of aliphatic hydroxyl groups excluding tert-OH is 1. The second kappa shape index (κ2) is 13.2. The van der Waals surface area contributed by atoms with E-state index in [1.165, 1.54) is 59.6 Å². The average molecular weight is 624 g/mol. The molecule has 42 heavy (non-hydrogen) atoms. The van der Waals surface area contributed by atoms with Gasteiger partial charge in [0, 0.05) is 58.8 Å². The first kappa shape index (κ1) is 31.4. The molecule has 4 amide bonds. The highest BCUT2D eigenvalue weighted by Gasteiger charge is 2.60. The predicted octanol–water partition coefficient (Wildman–Crippen LogP) is 1.96. The van der Waals surface area contributed by atoms with Crippen LogP contribution in [-0.2, 0) is 20.9 Å². The number of thioether (sulfide) groups is 2. The molecule has 228 valence electrons. The Kier molecular flexibility index (Phi) is 9.89. The molecule has 5 N–H and O–H groups in total. The quantitative estimate of drug-likeness (QED) is 0.115. The third-order valence-electron chi connectivity index (χ3n) is 7.58. The molecule has 3 heterocycles. The SMILES string of the molecule is C[C@@H](O)[C@H]1C(=O)N2C(C(=O)O)=C(S[C@H]3C[C@@H](CSCCNC(N)=O)N(C(=O)OCc4ccc([N+](=O)[O-])cc4)C3)[C@H](C)[C@H]12. The van der Waals surface area contributed by atoms with Gasteiger partial charge in [-0.3, -0.25) is 14.9 Å². The second-order valence-corrected chi connectivity index (χ2v) is 12.9. The summed E-state index contributed by atoms with van der Waals surface area (Å²) < 4.78 is 5.54. The summed E-state index contributed by atoms with van der Waals surface area (Å²) in [4.78, 5) is 62.9. The molecule has 3 aliphatic rings. The second-order valence-electron chi connectivity index (χ2n) is 10.4. The van der Waals surface area contributed by atoms with Gasteiger partial charge in [0.2, 0.25) is 5.91 Å². The number of amides is 4. The summed E-state index contributed by atoms with van der Waals surface area (Å²) in [5.74, 6) is -1.49. The number of ether oxygens (including phenoxy) is 1. The third kappa shape index (κ3) is 6.60. The molecule has 2 fully saturated rings. The number of carbonyl (C=O) groups excluding carboxylic acids is 3. The summed E-state index contributed by atoms with van der Waals surface area (Å²) >= 11 is 2.86. The highest BCUT2D eigenvalue weighted by atomic mass is 32.2. The maximum absolute atomic E-state index is 13.2. The zero-order valence-electron chi connectivity index (χ0n) is 23.0. The lowest BCUT2D eigenvalue weighted by Gasteiger charge is -2.46. The molecule has 14 nitrogen and oxygen atoms in total. The maximum atomic E-state index is 13.2. The Morgan fingerprint density at radius 3 is 2.57 bits per heavy atom. The average Bonchev–Trinajstić information content (AvgIpc) is 3.43. The van der Waals surface area contributed by atoms with Crippen LogP contribution in [0.15, 0.2) is 34.9 Å². The number of urea groups is 1. The minimum atomic E-state index is -1.21. The van der Waals surface area contributed by atoms with E-state index in [1.807, 2.05) is 6.92 Å². The number of carboxylic acid groups (broad SMARTS) is 1. The molecule has 0 aromatic heterocycles. The van der Waals surface area contributed by atoms with Crippen molar-refractivity contribution >= 4 is 53.2 Å². The normalized spacial score (nSPS) is 25.6. The number of hydrogen-bond acceptors (Lipinski definition) is 10. The Balaban J connectivity index is 1.45. The van der Waals surface area contributed by atoms with Crippen LogP contribution in [0.5, 0.6) is 0 Å². The number of aliphatic hydroxyl groups is 1. The molecule has 3 aliphatic heterocycles. The zero-order valence-corrected chi connectivity index (χ0v) is 24.6. The lowest BCUT2D eigenvalue weighted by atomic mass is 9.79. The molecule has 1 aromatic rings. The van der Waals surface area contributed by atoms with Crippen molar-refractivity contribution in [1.82, 2.24) is 15.1 Å². The molecule has 0 saturated carbocycles. The molecule has 2 saturated heterocycles. The number of fused-ring (bicyclic) bond motifs is 1. The van der Waals surface area contributed by atoms with E-state index in [9.17, 15) is 39.5 Å². The summed E-state index contributed by atoms with van der Waals surface area (Å²) in [7, 11) is 0. The minimum absolute atomic E-state index is 0.0675. The molecule has 0 aliphatic carbocycles. The van der Waals surface area contributed by atoms with Crippen LogP contribution in [0.1, 0.15) is 25.8 Å². The van der Waals surface area contributed by atoms with Crippen molar-refractivity contribution in [2.24, 2.45) is 17.6 Å². The lowest BCUT2D eigenvalue weighted by molar-refractivity contribution is -0.384. The number of benzene rings is 1. The number of nitrogens with two attached hydrogens (primary N) is 1. The molecule has 0 spiro atoms. The highest BCUT2D eigenvalue weighted by Crippen LogP contribution is 2.52. The van der Waals surface area contributed by atoms with Gasteiger partial charge in [-0.15, -0.1) is 11.8 Å². The predicted molar refractivity (Wildman–Crippen MR) is 154 cm³/mol. The van der Waals surface area contributed by atoms with Gasteiger partial charge in [-0.05, 0) is 31.0 Å². The fourth-order valence-corrected chi connectivity index (χ4v) is 8.17. The number of likely N-dealkylation sites (tertiary alicyclic amines) is 1. The van der Waals surface area contributed by atoms with Gasteiger partial charge in [0.1, 0.15) is 12.3 Å². The molecular weight excluding hydrogens is 590 g/mol. The van der Waals surface area contributed by atoms with Crippen LogP contribution in [-0.4, -0.2) is 97.0 Å². The first-order valence-corrected chi connectivity index (χ1v) is 15.4. The van der Waals surface area contributed by atoms with Crippen molar-refractivity contribution in [2.75, 3.05) is 24.6 Å². The smallest absolute Gasteiger partial charge is 0.410 e. The van der Waals surface area contributed by atoms with Crippen molar-refractivity contribution in [3.8, 4) is 0 Å². The van der Waals surface area contributed by atoms with Crippen LogP contribution in [0.4, 0.5) is 15.3 Å². The van der Waals surface area contributed by atoms with Gasteiger partial charge in [-0.2, -0.15) is 11.8 Å². The van der Waals surface area contributed by atoms with Gasteiger partial charge in [-0.25, -0.2) is 14.4 Å². The molecule has 16 heteroatoms. The summed E-state index contributed by atoms with van der Waals surface area (Å²) in [6.45, 7) is 3.92. The Morgan fingerprint density at radius 2 is 1.98 bits per heavy atom. The molecule has 4 rings (SSSR count). The highest BCUT2D eigenvalue weighted by molar-refractivity contribution is 8.03. The van der Waals surface area contributed by atoms with Crippen molar-refractivity contribution in [3.63, 3.8) is 0 Å². The number of non-ortho nitro benzene ring substituents is 1. The molecular formula is C26H33N5O9S2. The van der Waals surface area contributed by atoms with E-state index in [0.29, 0.717) is 34.9 Å². The number of nitro groups is 1. The Hall–Kier alpha value is -3.50. The number of aliphatic carboxylic acids is 1. The zero-order chi connectivity index (χ0) is 30.7. The Morgan fingerprint density at radius 1 is 1.29 bits per heavy atom. The summed E-state index contributed by atoms with van der Waals surface area (Å²) in [6, 6.07) is 4.38. The summed E-state index contributed by atoms with van der Waals surface area (Å²) in [5.41, 5.74) is 5.55. The number of primary amides is 1. The third-order valence-corrected chi connectivity index (χ3v) is 10.2. The number of nitro benzene ring substituents is 1. The van der Waals surface area contributed by atoms with Gasteiger partial charge < -0.3 is 35.8 Å². The van der Waals surface area contributed by atoms with E-state index < -0.39 is 47.0 Å². The van der Waals surface area contributed by atoms with Crippen LogP contribution in [0.25, 0.3) is 0 Å². The van der Waals surface area contributed by atoms with Crippen LogP contribution < -0.4 is 11.1 Å². The number of carboxylic acids is 1. The van der Waals surface area contributed by atoms with E-state index in [-0.39, 0.29) is 41.7 Å². The largest absolute Gasteiger partial charge is 0.477 e. The number of nitrogens with one attached hydrogen (secondary N) is 1. The summed E-state index contributed by atoms with van der Waals surface area (Å²) in [6.07, 6.45) is -0.939. The summed E-state index contributed by atoms with van der Waals surface area (Å²) in [5, 5.41) is 33.3. The van der Waals surface area contributed by atoms with E-state index in [0.717, 1.165) is 0 Å². The molecule has 6 atom stereocenters. The van der Waals surface area contributed by atoms with Gasteiger partial charge in [0.15, 0.2) is 0 Å². The molecule has 0 radical (unpaired) electrons. The van der Waals surface area contributed by atoms with Crippen LogP contribution in [0.3, 0.4) is 0 Å². The fraction of sp³-hybridized carbons (Fsp3) is 0.538.